The Morgan fingerprint density at radius 3 is 3.06 bits per heavy atom. The summed E-state index contributed by atoms with van der Waals surface area (Å²) in [7, 11) is 0. The highest BCUT2D eigenvalue weighted by Crippen LogP contribution is 2.36. The molecule has 16 heavy (non-hydrogen) atoms. The summed E-state index contributed by atoms with van der Waals surface area (Å²) < 4.78 is 2.07. The quantitative estimate of drug-likeness (QED) is 0.781. The molecule has 0 aliphatic heterocycles. The standard InChI is InChI=1S/C13H22N2O/c1-3-15-10-9-14-12(15)13(16)7-4-5-11(2)6-8-13/h9-11,16H,3-8H2,1-2H3. The van der Waals surface area contributed by atoms with Crippen molar-refractivity contribution in [1.29, 1.82) is 0 Å². The van der Waals surface area contributed by atoms with E-state index in [9.17, 15) is 5.11 Å². The van der Waals surface area contributed by atoms with Crippen LogP contribution in [0.3, 0.4) is 0 Å². The average molecular weight is 222 g/mol. The van der Waals surface area contributed by atoms with Crippen molar-refractivity contribution in [1.82, 2.24) is 9.55 Å². The molecule has 0 bridgehead atoms. The van der Waals surface area contributed by atoms with Crippen LogP contribution in [0.15, 0.2) is 12.4 Å². The van der Waals surface area contributed by atoms with E-state index in [-0.39, 0.29) is 0 Å². The molecule has 1 N–H and O–H groups in total. The van der Waals surface area contributed by atoms with Gasteiger partial charge in [-0.25, -0.2) is 4.98 Å². The predicted molar refractivity (Wildman–Crippen MR) is 64.0 cm³/mol. The largest absolute Gasteiger partial charge is 0.382 e. The maximum atomic E-state index is 10.8. The van der Waals surface area contributed by atoms with Crippen molar-refractivity contribution in [3.63, 3.8) is 0 Å². The van der Waals surface area contributed by atoms with Gasteiger partial charge in [0.2, 0.25) is 0 Å². The third-order valence-corrected chi connectivity index (χ3v) is 3.81. The van der Waals surface area contributed by atoms with Crippen molar-refractivity contribution in [2.45, 2.75) is 58.1 Å². The van der Waals surface area contributed by atoms with Gasteiger partial charge in [0.1, 0.15) is 11.4 Å². The Balaban J connectivity index is 2.23. The zero-order valence-corrected chi connectivity index (χ0v) is 10.3. The van der Waals surface area contributed by atoms with Gasteiger partial charge < -0.3 is 9.67 Å². The molecule has 1 fully saturated rings. The molecular weight excluding hydrogens is 200 g/mol. The summed E-state index contributed by atoms with van der Waals surface area (Å²) in [5.74, 6) is 1.60. The van der Waals surface area contributed by atoms with Crippen LogP contribution in [0.2, 0.25) is 0 Å². The number of hydrogen-bond acceptors (Lipinski definition) is 2. The number of rotatable bonds is 2. The number of aryl methyl sites for hydroxylation is 1. The molecule has 0 aromatic carbocycles. The van der Waals surface area contributed by atoms with E-state index in [1.54, 1.807) is 6.20 Å². The van der Waals surface area contributed by atoms with Crippen LogP contribution in [0.25, 0.3) is 0 Å². The second-order valence-corrected chi connectivity index (χ2v) is 5.10. The Morgan fingerprint density at radius 2 is 2.31 bits per heavy atom. The normalized spacial score (nSPS) is 31.3. The van der Waals surface area contributed by atoms with Gasteiger partial charge in [-0.15, -0.1) is 0 Å². The van der Waals surface area contributed by atoms with Gasteiger partial charge >= 0.3 is 0 Å². The minimum absolute atomic E-state index is 0.690. The summed E-state index contributed by atoms with van der Waals surface area (Å²) in [6, 6.07) is 0. The number of aliphatic hydroxyl groups is 1. The van der Waals surface area contributed by atoms with Crippen LogP contribution in [0.1, 0.15) is 51.8 Å². The first-order chi connectivity index (χ1) is 7.65. The molecular formula is C13H22N2O. The lowest BCUT2D eigenvalue weighted by Gasteiger charge is -2.26. The van der Waals surface area contributed by atoms with Gasteiger partial charge in [-0.2, -0.15) is 0 Å². The number of imidazole rings is 1. The van der Waals surface area contributed by atoms with Crippen LogP contribution in [0, 0.1) is 5.92 Å². The topological polar surface area (TPSA) is 38.0 Å². The van der Waals surface area contributed by atoms with Crippen LogP contribution in [0.5, 0.6) is 0 Å². The molecule has 0 radical (unpaired) electrons. The summed E-state index contributed by atoms with van der Waals surface area (Å²) in [5.41, 5.74) is -0.690. The SMILES string of the molecule is CCn1ccnc1C1(O)CCCC(C)CC1. The Morgan fingerprint density at radius 1 is 1.50 bits per heavy atom. The minimum atomic E-state index is -0.690. The van der Waals surface area contributed by atoms with E-state index in [0.717, 1.165) is 44.0 Å². The Hall–Kier alpha value is -0.830. The zero-order chi connectivity index (χ0) is 11.6. The Labute approximate surface area is 97.5 Å². The molecule has 1 aromatic heterocycles. The molecule has 1 aromatic rings. The van der Waals surface area contributed by atoms with E-state index >= 15 is 0 Å². The van der Waals surface area contributed by atoms with Crippen molar-refractivity contribution < 1.29 is 5.11 Å². The average Bonchev–Trinajstić information content (AvgIpc) is 2.68. The maximum absolute atomic E-state index is 10.8. The van der Waals surface area contributed by atoms with Gasteiger partial charge in [0.05, 0.1) is 0 Å². The third-order valence-electron chi connectivity index (χ3n) is 3.81. The molecule has 1 saturated carbocycles. The van der Waals surface area contributed by atoms with Gasteiger partial charge in [0, 0.05) is 18.9 Å². The lowest BCUT2D eigenvalue weighted by molar-refractivity contribution is 0.00778. The van der Waals surface area contributed by atoms with E-state index in [0.29, 0.717) is 0 Å². The van der Waals surface area contributed by atoms with Crippen molar-refractivity contribution in [2.24, 2.45) is 5.92 Å². The molecule has 2 unspecified atom stereocenters. The molecule has 3 heteroatoms. The minimum Gasteiger partial charge on any atom is -0.382 e. The molecule has 0 spiro atoms. The highest BCUT2D eigenvalue weighted by molar-refractivity contribution is 5.06. The van der Waals surface area contributed by atoms with Gasteiger partial charge in [-0.1, -0.05) is 13.3 Å². The van der Waals surface area contributed by atoms with Gasteiger partial charge in [0.15, 0.2) is 0 Å². The van der Waals surface area contributed by atoms with E-state index < -0.39 is 5.60 Å². The summed E-state index contributed by atoms with van der Waals surface area (Å²) >= 11 is 0. The number of aromatic nitrogens is 2. The van der Waals surface area contributed by atoms with Crippen LogP contribution < -0.4 is 0 Å². The van der Waals surface area contributed by atoms with E-state index in [4.69, 9.17) is 0 Å². The molecule has 1 heterocycles. The molecule has 1 aliphatic carbocycles. The van der Waals surface area contributed by atoms with E-state index in [2.05, 4.69) is 23.4 Å². The first-order valence-corrected chi connectivity index (χ1v) is 6.39. The molecule has 0 saturated heterocycles. The highest BCUT2D eigenvalue weighted by atomic mass is 16.3. The fourth-order valence-electron chi connectivity index (χ4n) is 2.69. The second-order valence-electron chi connectivity index (χ2n) is 5.10. The Bertz CT molecular complexity index is 347. The predicted octanol–water partition coefficient (Wildman–Crippen LogP) is 2.69. The van der Waals surface area contributed by atoms with E-state index in [1.165, 1.54) is 6.42 Å². The summed E-state index contributed by atoms with van der Waals surface area (Å²) in [4.78, 5) is 4.36. The maximum Gasteiger partial charge on any atom is 0.140 e. The monoisotopic (exact) mass is 222 g/mol. The van der Waals surface area contributed by atoms with Crippen LogP contribution >= 0.6 is 0 Å². The summed E-state index contributed by atoms with van der Waals surface area (Å²) in [5, 5.41) is 10.8. The van der Waals surface area contributed by atoms with Crippen molar-refractivity contribution in [3.8, 4) is 0 Å². The molecule has 1 aliphatic rings. The van der Waals surface area contributed by atoms with Gasteiger partial charge in [-0.3, -0.25) is 0 Å². The first kappa shape index (κ1) is 11.6. The smallest absolute Gasteiger partial charge is 0.140 e. The summed E-state index contributed by atoms with van der Waals surface area (Å²) in [6.07, 6.45) is 8.91. The third kappa shape index (κ3) is 2.14. The van der Waals surface area contributed by atoms with Crippen LogP contribution in [-0.2, 0) is 12.1 Å². The van der Waals surface area contributed by atoms with Crippen molar-refractivity contribution in [2.75, 3.05) is 0 Å². The lowest BCUT2D eigenvalue weighted by Crippen LogP contribution is -2.29. The van der Waals surface area contributed by atoms with Crippen molar-refractivity contribution in [3.05, 3.63) is 18.2 Å². The van der Waals surface area contributed by atoms with Gasteiger partial charge in [0.25, 0.3) is 0 Å². The lowest BCUT2D eigenvalue weighted by atomic mass is 9.93. The fraction of sp³-hybridized carbons (Fsp3) is 0.769. The van der Waals surface area contributed by atoms with Crippen molar-refractivity contribution >= 4 is 0 Å². The zero-order valence-electron chi connectivity index (χ0n) is 10.3. The molecule has 2 atom stereocenters. The van der Waals surface area contributed by atoms with Gasteiger partial charge in [-0.05, 0) is 38.5 Å². The number of hydrogen-bond donors (Lipinski definition) is 1. The molecule has 2 rings (SSSR count). The molecule has 90 valence electrons. The van der Waals surface area contributed by atoms with Crippen LogP contribution in [-0.4, -0.2) is 14.7 Å². The summed E-state index contributed by atoms with van der Waals surface area (Å²) in [6.45, 7) is 5.25. The number of nitrogens with zero attached hydrogens (tertiary/aromatic N) is 2. The van der Waals surface area contributed by atoms with E-state index in [1.807, 2.05) is 6.20 Å². The fourth-order valence-corrected chi connectivity index (χ4v) is 2.69. The molecule has 3 nitrogen and oxygen atoms in total. The highest BCUT2D eigenvalue weighted by Gasteiger charge is 2.35. The second kappa shape index (κ2) is 4.58. The molecule has 0 amide bonds. The first-order valence-electron chi connectivity index (χ1n) is 6.39. The Kier molecular flexibility index (Phi) is 3.33. The van der Waals surface area contributed by atoms with Crippen LogP contribution in [0.4, 0.5) is 0 Å².